The van der Waals surface area contributed by atoms with Crippen molar-refractivity contribution in [3.8, 4) is 45.3 Å². The Balaban J connectivity index is 1.18. The van der Waals surface area contributed by atoms with Gasteiger partial charge in [0.15, 0.2) is 17.5 Å². The van der Waals surface area contributed by atoms with Crippen molar-refractivity contribution in [2.24, 2.45) is 0 Å². The second kappa shape index (κ2) is 10.5. The summed E-state index contributed by atoms with van der Waals surface area (Å²) in [6.07, 6.45) is 0. The van der Waals surface area contributed by atoms with Crippen LogP contribution in [0.3, 0.4) is 0 Å². The van der Waals surface area contributed by atoms with Crippen molar-refractivity contribution in [2.75, 3.05) is 0 Å². The smallest absolute Gasteiger partial charge is 0.164 e. The molecule has 224 valence electrons. The Morgan fingerprint density at radius 1 is 0.354 bits per heavy atom. The van der Waals surface area contributed by atoms with Gasteiger partial charge in [-0.15, -0.1) is 0 Å². The van der Waals surface area contributed by atoms with Crippen molar-refractivity contribution in [3.63, 3.8) is 0 Å². The van der Waals surface area contributed by atoms with Gasteiger partial charge in [-0.1, -0.05) is 121 Å². The molecule has 48 heavy (non-hydrogen) atoms. The topological polar surface area (TPSA) is 65.0 Å². The van der Waals surface area contributed by atoms with E-state index in [1.807, 2.05) is 66.7 Å². The van der Waals surface area contributed by atoms with Crippen molar-refractivity contribution in [2.45, 2.75) is 0 Å². The standard InChI is InChI=1S/C43H25N3O2/c1-2-12-27(13-3-1)41-44-42(46-43(45-41)34-19-10-21-36-39(34)32-17-6-7-20-35(32)47-36)29-15-8-14-28(25-29)30-18-9-22-37-38(30)33-24-23-26-11-4-5-16-31(26)40(33)48-37/h1-25H. The normalized spacial score (nSPS) is 11.8. The summed E-state index contributed by atoms with van der Waals surface area (Å²) < 4.78 is 12.7. The van der Waals surface area contributed by atoms with Gasteiger partial charge in [0.1, 0.15) is 22.3 Å². The SMILES string of the molecule is c1ccc(-c2nc(-c3cccc(-c4cccc5oc6c7ccccc7ccc6c45)c3)nc(-c3cccc4oc5ccccc5c34)n2)cc1. The molecule has 7 aromatic carbocycles. The van der Waals surface area contributed by atoms with Crippen LogP contribution in [0.2, 0.25) is 0 Å². The second-order valence-corrected chi connectivity index (χ2v) is 12.0. The van der Waals surface area contributed by atoms with Gasteiger partial charge in [-0.25, -0.2) is 15.0 Å². The van der Waals surface area contributed by atoms with Crippen LogP contribution in [0.25, 0.3) is 99.9 Å². The van der Waals surface area contributed by atoms with Gasteiger partial charge in [0, 0.05) is 43.6 Å². The molecule has 0 atom stereocenters. The molecule has 0 spiro atoms. The highest BCUT2D eigenvalue weighted by Crippen LogP contribution is 2.41. The van der Waals surface area contributed by atoms with E-state index >= 15 is 0 Å². The summed E-state index contributed by atoms with van der Waals surface area (Å²) in [5.41, 5.74) is 8.26. The van der Waals surface area contributed by atoms with Crippen molar-refractivity contribution in [3.05, 3.63) is 152 Å². The molecular formula is C43H25N3O2. The molecule has 0 fully saturated rings. The summed E-state index contributed by atoms with van der Waals surface area (Å²) in [5, 5.41) is 6.48. The molecular weight excluding hydrogens is 590 g/mol. The summed E-state index contributed by atoms with van der Waals surface area (Å²) in [5.74, 6) is 1.80. The molecule has 0 saturated heterocycles. The molecule has 3 heterocycles. The minimum absolute atomic E-state index is 0.594. The van der Waals surface area contributed by atoms with Crippen LogP contribution >= 0.6 is 0 Å². The lowest BCUT2D eigenvalue weighted by Gasteiger charge is -2.11. The lowest BCUT2D eigenvalue weighted by atomic mass is 9.97. The van der Waals surface area contributed by atoms with E-state index in [1.54, 1.807) is 0 Å². The molecule has 5 nitrogen and oxygen atoms in total. The number of hydrogen-bond donors (Lipinski definition) is 0. The van der Waals surface area contributed by atoms with E-state index in [1.165, 1.54) is 0 Å². The van der Waals surface area contributed by atoms with Crippen molar-refractivity contribution < 1.29 is 8.83 Å². The van der Waals surface area contributed by atoms with E-state index in [-0.39, 0.29) is 0 Å². The summed E-state index contributed by atoms with van der Waals surface area (Å²) in [6, 6.07) is 51.6. The Morgan fingerprint density at radius 2 is 0.958 bits per heavy atom. The van der Waals surface area contributed by atoms with Crippen LogP contribution in [-0.4, -0.2) is 15.0 Å². The number of rotatable bonds is 4. The molecule has 0 N–H and O–H groups in total. The first-order chi connectivity index (χ1) is 23.8. The van der Waals surface area contributed by atoms with Gasteiger partial charge in [0.05, 0.1) is 0 Å². The summed E-state index contributed by atoms with van der Waals surface area (Å²) >= 11 is 0. The van der Waals surface area contributed by atoms with Crippen molar-refractivity contribution in [1.29, 1.82) is 0 Å². The number of nitrogens with zero attached hydrogens (tertiary/aromatic N) is 3. The summed E-state index contributed by atoms with van der Waals surface area (Å²) in [6.45, 7) is 0. The Morgan fingerprint density at radius 3 is 1.83 bits per heavy atom. The lowest BCUT2D eigenvalue weighted by Crippen LogP contribution is -2.00. The van der Waals surface area contributed by atoms with E-state index in [9.17, 15) is 0 Å². The number of benzene rings is 7. The molecule has 0 bridgehead atoms. The van der Waals surface area contributed by atoms with Crippen LogP contribution in [0.4, 0.5) is 0 Å². The maximum absolute atomic E-state index is 6.49. The van der Waals surface area contributed by atoms with Crippen LogP contribution in [0.1, 0.15) is 0 Å². The third-order valence-corrected chi connectivity index (χ3v) is 9.13. The molecule has 0 radical (unpaired) electrons. The maximum Gasteiger partial charge on any atom is 0.164 e. The third-order valence-electron chi connectivity index (χ3n) is 9.13. The molecule has 0 aliphatic rings. The van der Waals surface area contributed by atoms with E-state index in [4.69, 9.17) is 23.8 Å². The predicted octanol–water partition coefficient (Wildman–Crippen LogP) is 11.5. The zero-order valence-corrected chi connectivity index (χ0v) is 25.6. The fourth-order valence-corrected chi connectivity index (χ4v) is 6.92. The Kier molecular flexibility index (Phi) is 5.81. The first-order valence-electron chi connectivity index (χ1n) is 15.9. The zero-order chi connectivity index (χ0) is 31.6. The van der Waals surface area contributed by atoms with Gasteiger partial charge in [-0.05, 0) is 46.8 Å². The van der Waals surface area contributed by atoms with Crippen molar-refractivity contribution >= 4 is 54.6 Å². The molecule has 0 aliphatic carbocycles. The number of hydrogen-bond acceptors (Lipinski definition) is 5. The summed E-state index contributed by atoms with van der Waals surface area (Å²) in [4.78, 5) is 15.2. The van der Waals surface area contributed by atoms with Crippen molar-refractivity contribution in [1.82, 2.24) is 15.0 Å². The maximum atomic E-state index is 6.49. The third kappa shape index (κ3) is 4.15. The van der Waals surface area contributed by atoms with Gasteiger partial charge < -0.3 is 8.83 Å². The van der Waals surface area contributed by atoms with Crippen LogP contribution in [0.15, 0.2) is 160 Å². The average molecular weight is 616 g/mol. The van der Waals surface area contributed by atoms with Gasteiger partial charge in [0.25, 0.3) is 0 Å². The molecule has 10 rings (SSSR count). The highest BCUT2D eigenvalue weighted by Gasteiger charge is 2.19. The second-order valence-electron chi connectivity index (χ2n) is 12.0. The first-order valence-corrected chi connectivity index (χ1v) is 15.9. The summed E-state index contributed by atoms with van der Waals surface area (Å²) in [7, 11) is 0. The van der Waals surface area contributed by atoms with Gasteiger partial charge in [-0.3, -0.25) is 0 Å². The van der Waals surface area contributed by atoms with E-state index < -0.39 is 0 Å². The fraction of sp³-hybridized carbons (Fsp3) is 0. The van der Waals surface area contributed by atoms with Crippen LogP contribution in [0.5, 0.6) is 0 Å². The lowest BCUT2D eigenvalue weighted by molar-refractivity contribution is 0.669. The van der Waals surface area contributed by atoms with Crippen LogP contribution < -0.4 is 0 Å². The Hall–Kier alpha value is -6.59. The minimum atomic E-state index is 0.594. The number of furan rings is 2. The van der Waals surface area contributed by atoms with E-state index in [2.05, 4.69) is 84.9 Å². The molecule has 5 heteroatoms. The van der Waals surface area contributed by atoms with Gasteiger partial charge in [-0.2, -0.15) is 0 Å². The molecule has 0 saturated carbocycles. The first kappa shape index (κ1) is 26.6. The highest BCUT2D eigenvalue weighted by atomic mass is 16.3. The highest BCUT2D eigenvalue weighted by molar-refractivity contribution is 6.19. The minimum Gasteiger partial charge on any atom is -0.456 e. The van der Waals surface area contributed by atoms with Crippen LogP contribution in [-0.2, 0) is 0 Å². The zero-order valence-electron chi connectivity index (χ0n) is 25.6. The fourth-order valence-electron chi connectivity index (χ4n) is 6.92. The van der Waals surface area contributed by atoms with Crippen LogP contribution in [0, 0.1) is 0 Å². The molecule has 10 aromatic rings. The molecule has 0 aliphatic heterocycles. The quantitative estimate of drug-likeness (QED) is 0.197. The predicted molar refractivity (Wildman–Crippen MR) is 194 cm³/mol. The molecule has 3 aromatic heterocycles. The van der Waals surface area contributed by atoms with Gasteiger partial charge >= 0.3 is 0 Å². The van der Waals surface area contributed by atoms with E-state index in [0.29, 0.717) is 17.5 Å². The Bertz CT molecular complexity index is 2850. The monoisotopic (exact) mass is 615 g/mol. The van der Waals surface area contributed by atoms with E-state index in [0.717, 1.165) is 82.5 Å². The largest absolute Gasteiger partial charge is 0.456 e. The van der Waals surface area contributed by atoms with Gasteiger partial charge in [0.2, 0.25) is 0 Å². The number of para-hydroxylation sites is 1. The number of fused-ring (bicyclic) bond motifs is 8. The average Bonchev–Trinajstić information content (AvgIpc) is 3.74. The Labute approximate surface area is 274 Å². The molecule has 0 unspecified atom stereocenters. The molecule has 0 amide bonds. The number of aromatic nitrogens is 3.